The Bertz CT molecular complexity index is 675. The summed E-state index contributed by atoms with van der Waals surface area (Å²) in [6, 6.07) is 0. The van der Waals surface area contributed by atoms with Crippen LogP contribution in [0.2, 0.25) is 0 Å². The van der Waals surface area contributed by atoms with Crippen molar-refractivity contribution in [2.45, 2.75) is 63.1 Å². The highest BCUT2D eigenvalue weighted by Crippen LogP contribution is 2.41. The lowest BCUT2D eigenvalue weighted by atomic mass is 9.89. The molecule has 2 saturated carbocycles. The SMILES string of the molecule is CC(C)(C)OC(=O)N1C[C@H]2CC(=O)C[C@@]2(NN[C@@]23CNC[C@@H]2CC(=O)C3)C1. The third kappa shape index (κ3) is 3.39. The molecule has 2 saturated heterocycles. The Hall–Kier alpha value is -1.51. The number of nitrogens with zero attached hydrogens (tertiary/aromatic N) is 1. The summed E-state index contributed by atoms with van der Waals surface area (Å²) in [6.45, 7) is 8.08. The highest BCUT2D eigenvalue weighted by Gasteiger charge is 2.57. The van der Waals surface area contributed by atoms with Crippen molar-refractivity contribution in [3.8, 4) is 0 Å². The summed E-state index contributed by atoms with van der Waals surface area (Å²) in [4.78, 5) is 38.4. The van der Waals surface area contributed by atoms with E-state index in [9.17, 15) is 14.4 Å². The summed E-state index contributed by atoms with van der Waals surface area (Å²) in [5, 5.41) is 3.37. The van der Waals surface area contributed by atoms with Crippen LogP contribution in [0.25, 0.3) is 0 Å². The van der Waals surface area contributed by atoms with Gasteiger partial charge in [-0.3, -0.25) is 9.59 Å². The first kappa shape index (κ1) is 18.8. The molecule has 0 spiro atoms. The maximum absolute atomic E-state index is 12.5. The van der Waals surface area contributed by atoms with Gasteiger partial charge in [0, 0.05) is 57.8 Å². The minimum Gasteiger partial charge on any atom is -0.444 e. The number of hydrogen-bond acceptors (Lipinski definition) is 7. The smallest absolute Gasteiger partial charge is 0.410 e. The van der Waals surface area contributed by atoms with Gasteiger partial charge in [0.05, 0.1) is 11.1 Å². The van der Waals surface area contributed by atoms with Crippen LogP contribution < -0.4 is 16.2 Å². The lowest BCUT2D eigenvalue weighted by Gasteiger charge is -2.37. The number of likely N-dealkylation sites (tertiary alicyclic amines) is 1. The van der Waals surface area contributed by atoms with Gasteiger partial charge in [-0.15, -0.1) is 0 Å². The molecular weight excluding hydrogens is 348 g/mol. The van der Waals surface area contributed by atoms with Crippen LogP contribution in [-0.2, 0) is 14.3 Å². The minimum absolute atomic E-state index is 0.0614. The molecule has 2 aliphatic heterocycles. The van der Waals surface area contributed by atoms with Gasteiger partial charge in [-0.05, 0) is 26.7 Å². The third-order valence-electron chi connectivity index (χ3n) is 6.49. The number of ether oxygens (including phenoxy) is 1. The molecule has 8 nitrogen and oxygen atoms in total. The molecule has 0 aromatic rings. The largest absolute Gasteiger partial charge is 0.444 e. The van der Waals surface area contributed by atoms with Crippen molar-refractivity contribution in [3.63, 3.8) is 0 Å². The fourth-order valence-electron chi connectivity index (χ4n) is 5.21. The predicted molar refractivity (Wildman–Crippen MR) is 97.9 cm³/mol. The fraction of sp³-hybridized carbons (Fsp3) is 0.842. The molecule has 0 aromatic carbocycles. The normalized spacial score (nSPS) is 38.4. The summed E-state index contributed by atoms with van der Waals surface area (Å²) >= 11 is 0. The van der Waals surface area contributed by atoms with Crippen LogP contribution in [-0.4, -0.2) is 65.4 Å². The number of carbonyl (C=O) groups excluding carboxylic acids is 3. The average Bonchev–Trinajstić information content (AvgIpc) is 3.20. The maximum atomic E-state index is 12.5. The predicted octanol–water partition coefficient (Wildman–Crippen LogP) is 0.370. The third-order valence-corrected chi connectivity index (χ3v) is 6.49. The number of hydrazine groups is 1. The zero-order chi connectivity index (χ0) is 19.4. The Kier molecular flexibility index (Phi) is 4.36. The Balaban J connectivity index is 1.47. The number of ketones is 2. The number of fused-ring (bicyclic) bond motifs is 2. The Morgan fingerprint density at radius 2 is 1.74 bits per heavy atom. The van der Waals surface area contributed by atoms with E-state index < -0.39 is 11.1 Å². The first-order valence-electron chi connectivity index (χ1n) is 9.87. The van der Waals surface area contributed by atoms with E-state index in [-0.39, 0.29) is 35.0 Å². The molecule has 0 aromatic heterocycles. The lowest BCUT2D eigenvalue weighted by Crippen LogP contribution is -2.64. The first-order chi connectivity index (χ1) is 12.6. The molecule has 4 atom stereocenters. The Morgan fingerprint density at radius 1 is 1.11 bits per heavy atom. The van der Waals surface area contributed by atoms with E-state index >= 15 is 0 Å². The van der Waals surface area contributed by atoms with E-state index in [4.69, 9.17) is 4.74 Å². The molecule has 27 heavy (non-hydrogen) atoms. The number of nitrogens with one attached hydrogen (secondary N) is 3. The molecule has 2 aliphatic carbocycles. The van der Waals surface area contributed by atoms with Gasteiger partial charge >= 0.3 is 6.09 Å². The Morgan fingerprint density at radius 3 is 2.44 bits per heavy atom. The van der Waals surface area contributed by atoms with E-state index in [1.165, 1.54) is 0 Å². The van der Waals surface area contributed by atoms with Gasteiger partial charge in [-0.25, -0.2) is 15.6 Å². The lowest BCUT2D eigenvalue weighted by molar-refractivity contribution is -0.119. The number of rotatable bonds is 3. The van der Waals surface area contributed by atoms with Crippen LogP contribution in [0.1, 0.15) is 46.5 Å². The number of Topliss-reactive ketones (excluding diaryl/α,β-unsaturated/α-hetero) is 2. The molecule has 4 fully saturated rings. The molecular formula is C19H30N4O4. The molecule has 4 rings (SSSR count). The number of hydrogen-bond donors (Lipinski definition) is 3. The zero-order valence-electron chi connectivity index (χ0n) is 16.4. The van der Waals surface area contributed by atoms with Gasteiger partial charge in [0.2, 0.25) is 0 Å². The standard InChI is InChI=1S/C19H30N4O4/c1-17(2,3)27-16(26)23-9-13-5-15(25)7-19(13,11-23)22-21-18-6-14(24)4-12(18)8-20-10-18/h12-13,20-22H,4-11H2,1-3H3/t12-,13+,18-,19+/m0/s1. The van der Waals surface area contributed by atoms with Gasteiger partial charge < -0.3 is 15.0 Å². The van der Waals surface area contributed by atoms with E-state index in [0.29, 0.717) is 38.8 Å². The van der Waals surface area contributed by atoms with Gasteiger partial charge in [0.1, 0.15) is 17.2 Å². The van der Waals surface area contributed by atoms with Crippen molar-refractivity contribution < 1.29 is 19.1 Å². The highest BCUT2D eigenvalue weighted by atomic mass is 16.6. The van der Waals surface area contributed by atoms with Crippen molar-refractivity contribution in [2.24, 2.45) is 11.8 Å². The highest BCUT2D eigenvalue weighted by molar-refractivity contribution is 5.84. The van der Waals surface area contributed by atoms with Gasteiger partial charge in [0.25, 0.3) is 0 Å². The fourth-order valence-corrected chi connectivity index (χ4v) is 5.21. The second kappa shape index (κ2) is 6.25. The van der Waals surface area contributed by atoms with E-state index in [0.717, 1.165) is 13.1 Å². The number of amides is 1. The van der Waals surface area contributed by atoms with Gasteiger partial charge in [0.15, 0.2) is 0 Å². The molecule has 0 bridgehead atoms. The molecule has 2 heterocycles. The minimum atomic E-state index is -0.546. The monoisotopic (exact) mass is 378 g/mol. The molecule has 8 heteroatoms. The van der Waals surface area contributed by atoms with Crippen LogP contribution in [0.4, 0.5) is 4.79 Å². The number of carbonyl (C=O) groups is 3. The molecule has 0 radical (unpaired) electrons. The quantitative estimate of drug-likeness (QED) is 0.610. The summed E-state index contributed by atoms with van der Waals surface area (Å²) in [5.41, 5.74) is 5.58. The van der Waals surface area contributed by atoms with E-state index in [1.807, 2.05) is 20.8 Å². The van der Waals surface area contributed by atoms with Crippen molar-refractivity contribution in [2.75, 3.05) is 26.2 Å². The van der Waals surface area contributed by atoms with Crippen LogP contribution in [0.15, 0.2) is 0 Å². The van der Waals surface area contributed by atoms with Crippen molar-refractivity contribution in [1.82, 2.24) is 21.1 Å². The van der Waals surface area contributed by atoms with Crippen LogP contribution in [0.3, 0.4) is 0 Å². The molecule has 0 unspecified atom stereocenters. The summed E-state index contributed by atoms with van der Waals surface area (Å²) < 4.78 is 5.52. The van der Waals surface area contributed by atoms with Crippen LogP contribution in [0.5, 0.6) is 0 Å². The van der Waals surface area contributed by atoms with Crippen molar-refractivity contribution >= 4 is 17.7 Å². The van der Waals surface area contributed by atoms with Gasteiger partial charge in [-0.2, -0.15) is 0 Å². The van der Waals surface area contributed by atoms with Crippen LogP contribution in [0, 0.1) is 11.8 Å². The summed E-state index contributed by atoms with van der Waals surface area (Å²) in [6.07, 6.45) is 1.64. The van der Waals surface area contributed by atoms with E-state index in [2.05, 4.69) is 16.2 Å². The van der Waals surface area contributed by atoms with Gasteiger partial charge in [-0.1, -0.05) is 0 Å². The van der Waals surface area contributed by atoms with Crippen molar-refractivity contribution in [3.05, 3.63) is 0 Å². The zero-order valence-corrected chi connectivity index (χ0v) is 16.4. The Labute approximate surface area is 159 Å². The molecule has 1 amide bonds. The second-order valence-electron chi connectivity index (χ2n) is 9.79. The maximum Gasteiger partial charge on any atom is 0.410 e. The summed E-state index contributed by atoms with van der Waals surface area (Å²) in [7, 11) is 0. The first-order valence-corrected chi connectivity index (χ1v) is 9.87. The second-order valence-corrected chi connectivity index (χ2v) is 9.79. The molecule has 3 N–H and O–H groups in total. The average molecular weight is 378 g/mol. The van der Waals surface area contributed by atoms with Crippen LogP contribution >= 0.6 is 0 Å². The topological polar surface area (TPSA) is 99.8 Å². The molecule has 4 aliphatic rings. The molecule has 150 valence electrons. The van der Waals surface area contributed by atoms with Crippen molar-refractivity contribution in [1.29, 1.82) is 0 Å². The summed E-state index contributed by atoms with van der Waals surface area (Å²) in [5.74, 6) is 0.840. The van der Waals surface area contributed by atoms with E-state index in [1.54, 1.807) is 4.90 Å².